The van der Waals surface area contributed by atoms with Crippen molar-refractivity contribution in [3.05, 3.63) is 72.3 Å². The van der Waals surface area contributed by atoms with Crippen molar-refractivity contribution >= 4 is 34.4 Å². The van der Waals surface area contributed by atoms with Crippen LogP contribution in [-0.4, -0.2) is 44.3 Å². The fourth-order valence-corrected chi connectivity index (χ4v) is 5.42. The van der Waals surface area contributed by atoms with E-state index in [1.54, 1.807) is 42.8 Å². The predicted octanol–water partition coefficient (Wildman–Crippen LogP) is 4.63. The number of likely N-dealkylation sites (tertiary alicyclic amines) is 1. The van der Waals surface area contributed by atoms with Crippen LogP contribution in [0.5, 0.6) is 0 Å². The molecule has 2 aromatic carbocycles. The Bertz CT molecular complexity index is 1630. The zero-order valence-corrected chi connectivity index (χ0v) is 21.2. The number of halogens is 1. The molecule has 3 N–H and O–H groups in total. The summed E-state index contributed by atoms with van der Waals surface area (Å²) in [6.45, 7) is 6.85. The molecule has 0 radical (unpaired) electrons. The Morgan fingerprint density at radius 3 is 2.47 bits per heavy atom. The molecule has 0 spiro atoms. The Morgan fingerprint density at radius 1 is 1.11 bits per heavy atom. The summed E-state index contributed by atoms with van der Waals surface area (Å²) in [5.41, 5.74) is 10.4. The van der Waals surface area contributed by atoms with E-state index in [-0.39, 0.29) is 17.6 Å². The van der Waals surface area contributed by atoms with E-state index >= 15 is 4.39 Å². The highest BCUT2D eigenvalue weighted by Gasteiger charge is 2.46. The molecule has 2 aliphatic rings. The fourth-order valence-electron chi connectivity index (χ4n) is 5.42. The van der Waals surface area contributed by atoms with Gasteiger partial charge in [0.25, 0.3) is 11.8 Å². The molecule has 3 heterocycles. The molecular formula is C29H27FN6O2. The third-order valence-electron chi connectivity index (χ3n) is 7.55. The summed E-state index contributed by atoms with van der Waals surface area (Å²) in [4.78, 5) is 35.5. The van der Waals surface area contributed by atoms with Crippen LogP contribution in [0, 0.1) is 17.7 Å². The van der Waals surface area contributed by atoms with Crippen molar-refractivity contribution in [2.45, 2.75) is 13.3 Å². The van der Waals surface area contributed by atoms with Crippen molar-refractivity contribution in [2.24, 2.45) is 18.9 Å². The molecule has 8 nitrogen and oxygen atoms in total. The zero-order chi connectivity index (χ0) is 26.7. The van der Waals surface area contributed by atoms with Crippen LogP contribution in [-0.2, 0) is 11.8 Å². The quantitative estimate of drug-likeness (QED) is 0.381. The normalized spacial score (nSPS) is 17.9. The van der Waals surface area contributed by atoms with Gasteiger partial charge in [-0.15, -0.1) is 0 Å². The molecule has 2 fully saturated rings. The Hall–Kier alpha value is -4.53. The maximum Gasteiger partial charge on any atom is 0.253 e. The number of aryl methyl sites for hydroxylation is 1. The molecule has 6 rings (SSSR count). The molecule has 1 saturated heterocycles. The van der Waals surface area contributed by atoms with Crippen molar-refractivity contribution < 1.29 is 14.0 Å². The minimum atomic E-state index is -0.525. The molecule has 4 aromatic rings. The minimum absolute atomic E-state index is 0.0307. The lowest BCUT2D eigenvalue weighted by molar-refractivity contribution is -0.112. The van der Waals surface area contributed by atoms with E-state index in [0.29, 0.717) is 56.5 Å². The minimum Gasteiger partial charge on any atom is -0.383 e. The summed E-state index contributed by atoms with van der Waals surface area (Å²) in [7, 11) is 1.79. The number of nitrogens with zero attached hydrogens (tertiary/aromatic N) is 4. The van der Waals surface area contributed by atoms with Crippen LogP contribution in [0.15, 0.2) is 60.9 Å². The van der Waals surface area contributed by atoms with Crippen LogP contribution < -0.4 is 11.1 Å². The Balaban J connectivity index is 1.43. The fraction of sp³-hybridized carbons (Fsp3) is 0.241. The molecule has 1 saturated carbocycles. The van der Waals surface area contributed by atoms with E-state index in [1.165, 1.54) is 18.8 Å². The van der Waals surface area contributed by atoms with Gasteiger partial charge in [-0.25, -0.2) is 14.4 Å². The molecule has 192 valence electrons. The highest BCUT2D eigenvalue weighted by Crippen LogP contribution is 2.46. The van der Waals surface area contributed by atoms with E-state index < -0.39 is 5.82 Å². The van der Waals surface area contributed by atoms with Crippen LogP contribution >= 0.6 is 0 Å². The monoisotopic (exact) mass is 510 g/mol. The lowest BCUT2D eigenvalue weighted by Gasteiger charge is -2.18. The summed E-state index contributed by atoms with van der Waals surface area (Å²) in [5, 5.41) is 3.24. The first-order valence-corrected chi connectivity index (χ1v) is 12.5. The largest absolute Gasteiger partial charge is 0.383 e. The van der Waals surface area contributed by atoms with Gasteiger partial charge in [0, 0.05) is 48.1 Å². The topological polar surface area (TPSA) is 106 Å². The second-order valence-corrected chi connectivity index (χ2v) is 10.2. The molecule has 1 aliphatic heterocycles. The van der Waals surface area contributed by atoms with Gasteiger partial charge in [0.2, 0.25) is 0 Å². The van der Waals surface area contributed by atoms with Crippen LogP contribution in [0.2, 0.25) is 0 Å². The number of nitrogen functional groups attached to an aromatic ring is 1. The first-order valence-electron chi connectivity index (χ1n) is 12.5. The molecule has 2 unspecified atom stereocenters. The van der Waals surface area contributed by atoms with E-state index in [2.05, 4.69) is 21.9 Å². The lowest BCUT2D eigenvalue weighted by atomic mass is 9.97. The van der Waals surface area contributed by atoms with Gasteiger partial charge in [-0.3, -0.25) is 9.59 Å². The van der Waals surface area contributed by atoms with Gasteiger partial charge in [-0.1, -0.05) is 18.7 Å². The number of amides is 2. The van der Waals surface area contributed by atoms with Crippen molar-refractivity contribution in [3.8, 4) is 22.4 Å². The Kier molecular flexibility index (Phi) is 5.52. The summed E-state index contributed by atoms with van der Waals surface area (Å²) < 4.78 is 17.3. The smallest absolute Gasteiger partial charge is 0.253 e. The highest BCUT2D eigenvalue weighted by atomic mass is 19.1. The van der Waals surface area contributed by atoms with E-state index in [1.807, 2.05) is 17.0 Å². The number of nitrogens with two attached hydrogens (primary N) is 1. The molecule has 38 heavy (non-hydrogen) atoms. The number of rotatable bonds is 5. The summed E-state index contributed by atoms with van der Waals surface area (Å²) in [5.74, 6) is 0.718. The number of nitrogens with one attached hydrogen (secondary N) is 1. The van der Waals surface area contributed by atoms with Crippen molar-refractivity contribution in [2.75, 3.05) is 24.1 Å². The summed E-state index contributed by atoms with van der Waals surface area (Å²) in [6, 6.07) is 11.8. The number of fused-ring (bicyclic) bond motifs is 2. The van der Waals surface area contributed by atoms with Gasteiger partial charge >= 0.3 is 0 Å². The number of piperidine rings is 1. The second kappa shape index (κ2) is 8.79. The molecule has 2 atom stereocenters. The number of carbonyl (C=O) groups is 2. The van der Waals surface area contributed by atoms with E-state index in [0.717, 1.165) is 18.7 Å². The lowest BCUT2D eigenvalue weighted by Crippen LogP contribution is -2.30. The molecule has 2 aromatic heterocycles. The molecule has 9 heteroatoms. The number of aromatic nitrogens is 3. The average Bonchev–Trinajstić information content (AvgIpc) is 3.39. The van der Waals surface area contributed by atoms with Gasteiger partial charge in [0.15, 0.2) is 0 Å². The maximum atomic E-state index is 15.6. The van der Waals surface area contributed by atoms with Crippen LogP contribution in [0.3, 0.4) is 0 Å². The van der Waals surface area contributed by atoms with Gasteiger partial charge < -0.3 is 20.5 Å². The Morgan fingerprint density at radius 2 is 1.82 bits per heavy atom. The number of hydrogen-bond acceptors (Lipinski definition) is 5. The van der Waals surface area contributed by atoms with Gasteiger partial charge in [-0.2, -0.15) is 0 Å². The molecular weight excluding hydrogens is 483 g/mol. The third kappa shape index (κ3) is 3.91. The average molecular weight is 511 g/mol. The standard InChI is InChI=1S/C29H27FN6O2/c1-15(2)28(37)34-20-8-9-21(22(30)11-20)25-23(24-26(31)32-14-33-27(24)35(25)3)16-4-6-17(7-5-16)29(38)36-12-18-10-19(18)13-36/h4-9,11,14,18-19H,1,10,12-13H2,2-3H3,(H,34,37)(H2,31,32,33). The van der Waals surface area contributed by atoms with Crippen molar-refractivity contribution in [3.63, 3.8) is 0 Å². The number of benzene rings is 2. The van der Waals surface area contributed by atoms with E-state index in [4.69, 9.17) is 5.73 Å². The molecule has 2 amide bonds. The summed E-state index contributed by atoms with van der Waals surface area (Å²) in [6.07, 6.45) is 2.61. The first-order chi connectivity index (χ1) is 18.2. The predicted molar refractivity (Wildman–Crippen MR) is 145 cm³/mol. The van der Waals surface area contributed by atoms with Crippen LogP contribution in [0.25, 0.3) is 33.4 Å². The van der Waals surface area contributed by atoms with Crippen LogP contribution in [0.1, 0.15) is 23.7 Å². The van der Waals surface area contributed by atoms with Gasteiger partial charge in [-0.05, 0) is 61.1 Å². The number of carbonyl (C=O) groups excluding carboxylic acids is 2. The summed E-state index contributed by atoms with van der Waals surface area (Å²) >= 11 is 0. The maximum absolute atomic E-state index is 15.6. The van der Waals surface area contributed by atoms with Gasteiger partial charge in [0.1, 0.15) is 23.6 Å². The van der Waals surface area contributed by atoms with Crippen molar-refractivity contribution in [1.82, 2.24) is 19.4 Å². The number of hydrogen-bond donors (Lipinski definition) is 2. The van der Waals surface area contributed by atoms with Gasteiger partial charge in [0.05, 0.1) is 11.1 Å². The number of anilines is 2. The molecule has 0 bridgehead atoms. The SMILES string of the molecule is C=C(C)C(=O)Nc1ccc(-c2c(-c3ccc(C(=O)N4CC5CC5C4)cc3)c3c(N)ncnc3n2C)c(F)c1. The Labute approximate surface area is 219 Å². The van der Waals surface area contributed by atoms with Crippen molar-refractivity contribution in [1.29, 1.82) is 0 Å². The molecule has 1 aliphatic carbocycles. The second-order valence-electron chi connectivity index (χ2n) is 10.2. The third-order valence-corrected chi connectivity index (χ3v) is 7.55. The van der Waals surface area contributed by atoms with E-state index in [9.17, 15) is 9.59 Å². The first kappa shape index (κ1) is 23.8. The zero-order valence-electron chi connectivity index (χ0n) is 21.2. The highest BCUT2D eigenvalue weighted by molar-refractivity contribution is 6.08. The van der Waals surface area contributed by atoms with Crippen LogP contribution in [0.4, 0.5) is 15.9 Å².